The zero-order valence-electron chi connectivity index (χ0n) is 8.79. The van der Waals surface area contributed by atoms with Crippen LogP contribution in [-0.4, -0.2) is 16.1 Å². The van der Waals surface area contributed by atoms with Crippen molar-refractivity contribution in [1.82, 2.24) is 4.98 Å². The van der Waals surface area contributed by atoms with Crippen molar-refractivity contribution in [1.29, 1.82) is 0 Å². The zero-order chi connectivity index (χ0) is 11.5. The van der Waals surface area contributed by atoms with Gasteiger partial charge in [-0.05, 0) is 5.56 Å². The molecule has 2 rings (SSSR count). The van der Waals surface area contributed by atoms with Crippen LogP contribution in [0.15, 0.2) is 30.3 Å². The molecule has 0 spiro atoms. The summed E-state index contributed by atoms with van der Waals surface area (Å²) >= 11 is 1.31. The number of benzene rings is 1. The number of carbonyl (C=O) groups is 1. The smallest absolute Gasteiger partial charge is 0.309 e. The number of nitrogens with two attached hydrogens (primary N) is 1. The molecule has 0 saturated carbocycles. The van der Waals surface area contributed by atoms with Crippen LogP contribution < -0.4 is 5.73 Å². The highest BCUT2D eigenvalue weighted by Gasteiger charge is 2.13. The molecule has 1 aromatic carbocycles. The molecule has 0 fully saturated rings. The SMILES string of the molecule is Br.Nc1nc(CC(=O)O)c(-c2ccccc2)s1. The molecule has 0 aliphatic rings. The van der Waals surface area contributed by atoms with E-state index < -0.39 is 5.97 Å². The van der Waals surface area contributed by atoms with E-state index in [0.29, 0.717) is 10.8 Å². The second kappa shape index (κ2) is 5.79. The molecule has 0 amide bonds. The number of halogens is 1. The number of anilines is 1. The van der Waals surface area contributed by atoms with Crippen LogP contribution in [0.5, 0.6) is 0 Å². The summed E-state index contributed by atoms with van der Waals surface area (Å²) < 4.78 is 0. The minimum absolute atomic E-state index is 0. The predicted octanol–water partition coefficient (Wildman–Crippen LogP) is 2.60. The fourth-order valence-corrected chi connectivity index (χ4v) is 2.30. The first-order chi connectivity index (χ1) is 7.66. The average molecular weight is 315 g/mol. The summed E-state index contributed by atoms with van der Waals surface area (Å²) in [6.45, 7) is 0. The lowest BCUT2D eigenvalue weighted by molar-refractivity contribution is -0.136. The topological polar surface area (TPSA) is 76.2 Å². The lowest BCUT2D eigenvalue weighted by Gasteiger charge is -1.99. The van der Waals surface area contributed by atoms with Gasteiger partial charge in [0.1, 0.15) is 0 Å². The van der Waals surface area contributed by atoms with Crippen molar-refractivity contribution in [2.45, 2.75) is 6.42 Å². The van der Waals surface area contributed by atoms with Gasteiger partial charge in [-0.3, -0.25) is 4.79 Å². The Hall–Kier alpha value is -1.40. The van der Waals surface area contributed by atoms with Gasteiger partial charge in [0.15, 0.2) is 5.13 Å². The maximum atomic E-state index is 10.7. The van der Waals surface area contributed by atoms with Gasteiger partial charge in [-0.15, -0.1) is 17.0 Å². The minimum atomic E-state index is -0.900. The van der Waals surface area contributed by atoms with E-state index >= 15 is 0 Å². The van der Waals surface area contributed by atoms with E-state index in [4.69, 9.17) is 10.8 Å². The Balaban J connectivity index is 0.00000144. The molecule has 0 bridgehead atoms. The number of nitrogen functional groups attached to an aromatic ring is 1. The molecule has 0 radical (unpaired) electrons. The van der Waals surface area contributed by atoms with Gasteiger partial charge in [0.25, 0.3) is 0 Å². The van der Waals surface area contributed by atoms with Crippen molar-refractivity contribution in [2.75, 3.05) is 5.73 Å². The first-order valence-electron chi connectivity index (χ1n) is 4.69. The Bertz CT molecular complexity index is 513. The number of carboxylic acids is 1. The Labute approximate surface area is 113 Å². The minimum Gasteiger partial charge on any atom is -0.481 e. The molecule has 3 N–H and O–H groups in total. The van der Waals surface area contributed by atoms with Crippen LogP contribution in [0.25, 0.3) is 10.4 Å². The van der Waals surface area contributed by atoms with E-state index in [9.17, 15) is 4.79 Å². The van der Waals surface area contributed by atoms with E-state index in [1.165, 1.54) is 11.3 Å². The van der Waals surface area contributed by atoms with Crippen LogP contribution in [0.1, 0.15) is 5.69 Å². The summed E-state index contributed by atoms with van der Waals surface area (Å²) in [5.41, 5.74) is 7.09. The van der Waals surface area contributed by atoms with Gasteiger partial charge >= 0.3 is 5.97 Å². The third-order valence-corrected chi connectivity index (χ3v) is 3.04. The predicted molar refractivity (Wildman–Crippen MR) is 73.6 cm³/mol. The summed E-state index contributed by atoms with van der Waals surface area (Å²) in [7, 11) is 0. The van der Waals surface area contributed by atoms with Crippen molar-refractivity contribution in [3.8, 4) is 10.4 Å². The molecule has 1 aromatic heterocycles. The van der Waals surface area contributed by atoms with Crippen molar-refractivity contribution >= 4 is 39.4 Å². The Morgan fingerprint density at radius 1 is 1.35 bits per heavy atom. The van der Waals surface area contributed by atoms with Crippen LogP contribution >= 0.6 is 28.3 Å². The normalized spacial score (nSPS) is 9.65. The van der Waals surface area contributed by atoms with E-state index in [1.807, 2.05) is 30.3 Å². The molecular formula is C11H11BrN2O2S. The number of aromatic nitrogens is 1. The van der Waals surface area contributed by atoms with Gasteiger partial charge in [-0.25, -0.2) is 4.98 Å². The van der Waals surface area contributed by atoms with Crippen LogP contribution in [0.3, 0.4) is 0 Å². The highest BCUT2D eigenvalue weighted by Crippen LogP contribution is 2.31. The molecule has 0 aliphatic heterocycles. The fourth-order valence-electron chi connectivity index (χ4n) is 1.45. The van der Waals surface area contributed by atoms with Crippen molar-refractivity contribution in [3.05, 3.63) is 36.0 Å². The van der Waals surface area contributed by atoms with Gasteiger partial charge in [-0.1, -0.05) is 41.7 Å². The van der Waals surface area contributed by atoms with Crippen LogP contribution in [0.2, 0.25) is 0 Å². The van der Waals surface area contributed by atoms with E-state index in [2.05, 4.69) is 4.98 Å². The summed E-state index contributed by atoms with van der Waals surface area (Å²) in [4.78, 5) is 15.6. The summed E-state index contributed by atoms with van der Waals surface area (Å²) in [5.74, 6) is -0.900. The summed E-state index contributed by atoms with van der Waals surface area (Å²) in [5, 5.41) is 9.17. The summed E-state index contributed by atoms with van der Waals surface area (Å²) in [6.07, 6.45) is -0.0993. The lowest BCUT2D eigenvalue weighted by Crippen LogP contribution is -2.01. The molecular weight excluding hydrogens is 304 g/mol. The Morgan fingerprint density at radius 2 is 2.00 bits per heavy atom. The molecule has 2 aromatic rings. The number of rotatable bonds is 3. The van der Waals surface area contributed by atoms with Crippen molar-refractivity contribution in [2.24, 2.45) is 0 Å². The molecule has 90 valence electrons. The molecule has 0 atom stereocenters. The Morgan fingerprint density at radius 3 is 2.59 bits per heavy atom. The maximum Gasteiger partial charge on any atom is 0.309 e. The molecule has 17 heavy (non-hydrogen) atoms. The highest BCUT2D eigenvalue weighted by atomic mass is 79.9. The second-order valence-corrected chi connectivity index (χ2v) is 4.30. The van der Waals surface area contributed by atoms with E-state index in [0.717, 1.165) is 10.4 Å². The third kappa shape index (κ3) is 3.28. The number of hydrogen-bond acceptors (Lipinski definition) is 4. The first kappa shape index (κ1) is 13.7. The van der Waals surface area contributed by atoms with Crippen LogP contribution in [0.4, 0.5) is 5.13 Å². The van der Waals surface area contributed by atoms with Crippen molar-refractivity contribution < 1.29 is 9.90 Å². The molecule has 0 saturated heterocycles. The van der Waals surface area contributed by atoms with Crippen LogP contribution in [-0.2, 0) is 11.2 Å². The largest absolute Gasteiger partial charge is 0.481 e. The van der Waals surface area contributed by atoms with Crippen LogP contribution in [0, 0.1) is 0 Å². The number of nitrogens with zero attached hydrogens (tertiary/aromatic N) is 1. The van der Waals surface area contributed by atoms with Gasteiger partial charge in [0, 0.05) is 0 Å². The monoisotopic (exact) mass is 314 g/mol. The quantitative estimate of drug-likeness (QED) is 0.913. The van der Waals surface area contributed by atoms with Crippen molar-refractivity contribution in [3.63, 3.8) is 0 Å². The molecule has 1 heterocycles. The molecule has 0 aliphatic carbocycles. The lowest BCUT2D eigenvalue weighted by atomic mass is 10.1. The number of aliphatic carboxylic acids is 1. The maximum absolute atomic E-state index is 10.7. The zero-order valence-corrected chi connectivity index (χ0v) is 11.3. The second-order valence-electron chi connectivity index (χ2n) is 3.26. The Kier molecular flexibility index (Phi) is 4.65. The van der Waals surface area contributed by atoms with Gasteiger partial charge in [0.05, 0.1) is 17.0 Å². The summed E-state index contributed by atoms with van der Waals surface area (Å²) in [6, 6.07) is 9.53. The number of carboxylic acid groups (broad SMARTS) is 1. The van der Waals surface area contributed by atoms with E-state index in [-0.39, 0.29) is 23.4 Å². The average Bonchev–Trinajstić information content (AvgIpc) is 2.60. The number of hydrogen-bond donors (Lipinski definition) is 2. The first-order valence-corrected chi connectivity index (χ1v) is 5.51. The standard InChI is InChI=1S/C11H10N2O2S.BrH/c12-11-13-8(6-9(14)15)10(16-11)7-4-2-1-3-5-7;/h1-5H,6H2,(H2,12,13)(H,14,15);1H. The van der Waals surface area contributed by atoms with Gasteiger partial charge in [-0.2, -0.15) is 0 Å². The third-order valence-electron chi connectivity index (χ3n) is 2.07. The number of thiazole rings is 1. The molecule has 0 unspecified atom stereocenters. The van der Waals surface area contributed by atoms with Gasteiger partial charge in [0.2, 0.25) is 0 Å². The molecule has 6 heteroatoms. The molecule has 4 nitrogen and oxygen atoms in total. The van der Waals surface area contributed by atoms with E-state index in [1.54, 1.807) is 0 Å². The highest BCUT2D eigenvalue weighted by molar-refractivity contribution is 8.93. The van der Waals surface area contributed by atoms with Gasteiger partial charge < -0.3 is 10.8 Å². The fraction of sp³-hybridized carbons (Fsp3) is 0.0909.